The standard InChI is InChI=1S/C21H46N4O4S/c1-19(2)23-12-16-28-13-6-9-24-20(26)18-29-30-17-8-21(3,4)25-10-7-14-27-15-11-22-5/h19,22-23,25H,6-18H2,1-5H3,(H,24,26). The molecular formula is C21H46N4O4S. The van der Waals surface area contributed by atoms with Crippen LogP contribution in [-0.4, -0.2) is 89.5 Å². The van der Waals surface area contributed by atoms with Crippen molar-refractivity contribution < 1.29 is 18.5 Å². The lowest BCUT2D eigenvalue weighted by atomic mass is 10.0. The smallest absolute Gasteiger partial charge is 0.247 e. The molecule has 4 N–H and O–H groups in total. The summed E-state index contributed by atoms with van der Waals surface area (Å²) in [7, 11) is 1.92. The van der Waals surface area contributed by atoms with Crippen LogP contribution in [0.15, 0.2) is 0 Å². The second-order valence-electron chi connectivity index (χ2n) is 8.14. The molecule has 0 rings (SSSR count). The number of amides is 1. The van der Waals surface area contributed by atoms with Gasteiger partial charge in [-0.3, -0.25) is 4.79 Å². The summed E-state index contributed by atoms with van der Waals surface area (Å²) in [6, 6.07) is 0.478. The molecule has 8 nitrogen and oxygen atoms in total. The molecule has 9 heteroatoms. The van der Waals surface area contributed by atoms with Gasteiger partial charge in [-0.25, -0.2) is 0 Å². The van der Waals surface area contributed by atoms with E-state index >= 15 is 0 Å². The van der Waals surface area contributed by atoms with Gasteiger partial charge in [-0.2, -0.15) is 0 Å². The van der Waals surface area contributed by atoms with Gasteiger partial charge in [-0.15, -0.1) is 0 Å². The Morgan fingerprint density at radius 3 is 2.30 bits per heavy atom. The predicted molar refractivity (Wildman–Crippen MR) is 126 cm³/mol. The average molecular weight is 451 g/mol. The monoisotopic (exact) mass is 450 g/mol. The first-order chi connectivity index (χ1) is 14.4. The van der Waals surface area contributed by atoms with Crippen LogP contribution < -0.4 is 21.3 Å². The zero-order valence-electron chi connectivity index (χ0n) is 19.8. The fourth-order valence-electron chi connectivity index (χ4n) is 2.39. The summed E-state index contributed by atoms with van der Waals surface area (Å²) in [6.07, 6.45) is 2.76. The molecular weight excluding hydrogens is 404 g/mol. The number of ether oxygens (including phenoxy) is 2. The summed E-state index contributed by atoms with van der Waals surface area (Å²) in [5, 5.41) is 12.8. The van der Waals surface area contributed by atoms with E-state index in [-0.39, 0.29) is 18.1 Å². The van der Waals surface area contributed by atoms with Crippen LogP contribution in [0.4, 0.5) is 0 Å². The maximum Gasteiger partial charge on any atom is 0.247 e. The second kappa shape index (κ2) is 20.5. The minimum Gasteiger partial charge on any atom is -0.380 e. The zero-order chi connectivity index (χ0) is 22.5. The molecule has 0 aromatic heterocycles. The van der Waals surface area contributed by atoms with E-state index in [2.05, 4.69) is 49.0 Å². The van der Waals surface area contributed by atoms with Crippen LogP contribution in [0.3, 0.4) is 0 Å². The van der Waals surface area contributed by atoms with Crippen LogP contribution in [0.1, 0.15) is 47.0 Å². The molecule has 0 heterocycles. The molecule has 0 aromatic rings. The molecule has 0 spiro atoms. The van der Waals surface area contributed by atoms with Crippen molar-refractivity contribution in [2.75, 3.05) is 72.0 Å². The summed E-state index contributed by atoms with van der Waals surface area (Å²) < 4.78 is 16.4. The number of carbonyl (C=O) groups is 1. The Morgan fingerprint density at radius 1 is 0.967 bits per heavy atom. The van der Waals surface area contributed by atoms with Crippen molar-refractivity contribution in [2.24, 2.45) is 0 Å². The third-order valence-electron chi connectivity index (χ3n) is 4.24. The summed E-state index contributed by atoms with van der Waals surface area (Å²) in [6.45, 7) is 14.8. The SMILES string of the molecule is CNCCOCCCNC(C)(C)CCSOCC(=O)NCCCOCCNC(C)C. The number of likely N-dealkylation sites (N-methyl/N-ethyl adjacent to an activating group) is 1. The topological polar surface area (TPSA) is 92.9 Å². The highest BCUT2D eigenvalue weighted by Crippen LogP contribution is 2.14. The Labute approximate surface area is 188 Å². The fraction of sp³-hybridized carbons (Fsp3) is 0.952. The molecule has 0 aliphatic rings. The molecule has 0 atom stereocenters. The van der Waals surface area contributed by atoms with E-state index in [1.807, 2.05) is 7.05 Å². The predicted octanol–water partition coefficient (Wildman–Crippen LogP) is 1.56. The largest absolute Gasteiger partial charge is 0.380 e. The molecule has 180 valence electrons. The van der Waals surface area contributed by atoms with Gasteiger partial charge in [0.25, 0.3) is 0 Å². The Morgan fingerprint density at radius 2 is 1.63 bits per heavy atom. The first-order valence-corrected chi connectivity index (χ1v) is 12.1. The highest BCUT2D eigenvalue weighted by molar-refractivity contribution is 7.94. The number of hydrogen-bond acceptors (Lipinski definition) is 8. The summed E-state index contributed by atoms with van der Waals surface area (Å²) >= 11 is 1.35. The van der Waals surface area contributed by atoms with Gasteiger partial charge in [-0.1, -0.05) is 13.8 Å². The molecule has 0 bridgehead atoms. The van der Waals surface area contributed by atoms with Crippen LogP contribution in [0, 0.1) is 0 Å². The minimum atomic E-state index is -0.0837. The van der Waals surface area contributed by atoms with Crippen LogP contribution in [-0.2, 0) is 18.5 Å². The molecule has 1 amide bonds. The highest BCUT2D eigenvalue weighted by Gasteiger charge is 2.16. The van der Waals surface area contributed by atoms with E-state index in [0.29, 0.717) is 25.8 Å². The van der Waals surface area contributed by atoms with Crippen molar-refractivity contribution in [3.8, 4) is 0 Å². The number of hydrogen-bond donors (Lipinski definition) is 4. The molecule has 0 aromatic carbocycles. The van der Waals surface area contributed by atoms with Crippen molar-refractivity contribution in [2.45, 2.75) is 58.5 Å². The fourth-order valence-corrected chi connectivity index (χ4v) is 3.29. The van der Waals surface area contributed by atoms with E-state index in [1.54, 1.807) is 0 Å². The van der Waals surface area contributed by atoms with Crippen LogP contribution in [0.5, 0.6) is 0 Å². The number of nitrogens with one attached hydrogen (secondary N) is 4. The number of rotatable bonds is 22. The molecule has 0 aliphatic heterocycles. The van der Waals surface area contributed by atoms with Gasteiger partial charge < -0.3 is 34.9 Å². The zero-order valence-corrected chi connectivity index (χ0v) is 20.6. The lowest BCUT2D eigenvalue weighted by Gasteiger charge is -2.26. The second-order valence-corrected chi connectivity index (χ2v) is 9.02. The summed E-state index contributed by atoms with van der Waals surface area (Å²) in [5.74, 6) is 0.754. The number of carbonyl (C=O) groups excluding carboxylic acids is 1. The Hall–Kier alpha value is -0.420. The lowest BCUT2D eigenvalue weighted by Crippen LogP contribution is -2.40. The van der Waals surface area contributed by atoms with Crippen molar-refractivity contribution in [3.63, 3.8) is 0 Å². The molecule has 0 unspecified atom stereocenters. The lowest BCUT2D eigenvalue weighted by molar-refractivity contribution is -0.122. The first-order valence-electron chi connectivity index (χ1n) is 11.2. The molecule has 0 aliphatic carbocycles. The quantitative estimate of drug-likeness (QED) is 0.146. The van der Waals surface area contributed by atoms with Gasteiger partial charge >= 0.3 is 0 Å². The highest BCUT2D eigenvalue weighted by atomic mass is 32.2. The van der Waals surface area contributed by atoms with Gasteiger partial charge in [0.1, 0.15) is 6.61 Å². The molecule has 0 fully saturated rings. The van der Waals surface area contributed by atoms with Crippen molar-refractivity contribution in [3.05, 3.63) is 0 Å². The minimum absolute atomic E-state index is 0.0360. The molecule has 30 heavy (non-hydrogen) atoms. The summed E-state index contributed by atoms with van der Waals surface area (Å²) in [4.78, 5) is 11.8. The maximum absolute atomic E-state index is 11.8. The molecule has 0 saturated heterocycles. The van der Waals surface area contributed by atoms with Crippen LogP contribution in [0.25, 0.3) is 0 Å². The van der Waals surface area contributed by atoms with E-state index < -0.39 is 0 Å². The van der Waals surface area contributed by atoms with Gasteiger partial charge in [0.2, 0.25) is 5.91 Å². The first kappa shape index (κ1) is 29.6. The van der Waals surface area contributed by atoms with Crippen molar-refractivity contribution >= 4 is 17.9 Å². The van der Waals surface area contributed by atoms with Gasteiger partial charge in [0.15, 0.2) is 0 Å². The molecule has 0 saturated carbocycles. The van der Waals surface area contributed by atoms with Gasteiger partial charge in [-0.05, 0) is 58.7 Å². The Kier molecular flexibility index (Phi) is 20.2. The van der Waals surface area contributed by atoms with E-state index in [1.165, 1.54) is 12.0 Å². The molecule has 0 radical (unpaired) electrons. The van der Waals surface area contributed by atoms with Crippen molar-refractivity contribution in [1.29, 1.82) is 0 Å². The van der Waals surface area contributed by atoms with E-state index in [4.69, 9.17) is 13.7 Å². The van der Waals surface area contributed by atoms with Crippen LogP contribution in [0.2, 0.25) is 0 Å². The van der Waals surface area contributed by atoms with Gasteiger partial charge in [0, 0.05) is 50.2 Å². The third kappa shape index (κ3) is 22.3. The van der Waals surface area contributed by atoms with Crippen molar-refractivity contribution in [1.82, 2.24) is 21.3 Å². The van der Waals surface area contributed by atoms with E-state index in [0.717, 1.165) is 57.9 Å². The normalized spacial score (nSPS) is 11.9. The Balaban J connectivity index is 3.45. The Bertz CT molecular complexity index is 401. The van der Waals surface area contributed by atoms with Crippen LogP contribution >= 0.6 is 12.0 Å². The third-order valence-corrected chi connectivity index (χ3v) is 4.89. The van der Waals surface area contributed by atoms with Gasteiger partial charge in [0.05, 0.1) is 13.2 Å². The van der Waals surface area contributed by atoms with E-state index in [9.17, 15) is 4.79 Å². The maximum atomic E-state index is 11.8. The average Bonchev–Trinajstić information content (AvgIpc) is 2.68. The summed E-state index contributed by atoms with van der Waals surface area (Å²) in [5.41, 5.74) is 0.0360.